The molecule has 0 aromatic rings. The van der Waals surface area contributed by atoms with Crippen LogP contribution in [0.15, 0.2) is 36.5 Å². The van der Waals surface area contributed by atoms with Crippen molar-refractivity contribution in [3.63, 3.8) is 0 Å². The summed E-state index contributed by atoms with van der Waals surface area (Å²) in [5.74, 6) is -0.701. The van der Waals surface area contributed by atoms with E-state index >= 15 is 0 Å². The van der Waals surface area contributed by atoms with Crippen LogP contribution in [-0.4, -0.2) is 110 Å². The third-order valence-corrected chi connectivity index (χ3v) is 17.4. The standard InChI is InChI=1S/C72H137NO10/c1-3-5-7-9-11-13-15-17-19-21-23-25-27-29-30-31-32-33-34-35-36-38-40-42-44-46-48-50-52-54-56-58-60-65(76)71(81)73-63(62-82-72-70(80)69(79)68(78)66(61-74)83-72)67(77)64(75)59-57-55-53-51-49-47-45-43-41-39-37-28-26-24-22-20-18-16-14-12-10-8-6-4-2/h23,25,29-30,51,53,63-70,72,74-80H,3-22,24,26-28,31-50,52,54-62H2,1-2H3,(H,73,81)/b25-23-,30-29-,53-51+. The fourth-order valence-corrected chi connectivity index (χ4v) is 11.7. The van der Waals surface area contributed by atoms with Crippen molar-refractivity contribution >= 4 is 5.91 Å². The molecule has 1 aliphatic rings. The van der Waals surface area contributed by atoms with E-state index in [2.05, 4.69) is 55.6 Å². The van der Waals surface area contributed by atoms with Crippen molar-refractivity contribution < 1.29 is 50.0 Å². The number of carbonyl (C=O) groups excluding carboxylic acids is 1. The molecule has 11 nitrogen and oxygen atoms in total. The van der Waals surface area contributed by atoms with Crippen LogP contribution in [0.1, 0.15) is 348 Å². The average molecular weight is 1180 g/mol. The fraction of sp³-hybridized carbons (Fsp3) is 0.903. The molecular weight excluding hydrogens is 1040 g/mol. The highest BCUT2D eigenvalue weighted by Gasteiger charge is 2.44. The number of unbranched alkanes of at least 4 members (excludes halogenated alkanes) is 45. The zero-order valence-electron chi connectivity index (χ0n) is 54.2. The quantitative estimate of drug-likeness (QED) is 0.0215. The molecule has 0 radical (unpaired) electrons. The van der Waals surface area contributed by atoms with E-state index in [9.17, 15) is 40.5 Å². The number of nitrogens with one attached hydrogen (secondary N) is 1. The van der Waals surface area contributed by atoms with Crippen LogP contribution in [0.3, 0.4) is 0 Å². The van der Waals surface area contributed by atoms with Crippen LogP contribution in [0.4, 0.5) is 0 Å². The Hall–Kier alpha value is -1.67. The Morgan fingerprint density at radius 3 is 1.11 bits per heavy atom. The molecular formula is C72H137NO10. The molecule has 11 heteroatoms. The normalized spacial score (nSPS) is 19.2. The van der Waals surface area contributed by atoms with Crippen LogP contribution in [0, 0.1) is 0 Å². The molecule has 1 rings (SSSR count). The van der Waals surface area contributed by atoms with Crippen molar-refractivity contribution in [1.29, 1.82) is 0 Å². The number of ether oxygens (including phenoxy) is 2. The largest absolute Gasteiger partial charge is 0.394 e. The summed E-state index contributed by atoms with van der Waals surface area (Å²) in [5.41, 5.74) is 0. The Kier molecular flexibility index (Phi) is 57.9. The monoisotopic (exact) mass is 1180 g/mol. The van der Waals surface area contributed by atoms with E-state index < -0.39 is 74.2 Å². The number of allylic oxidation sites excluding steroid dienone is 6. The summed E-state index contributed by atoms with van der Waals surface area (Å²) >= 11 is 0. The third-order valence-electron chi connectivity index (χ3n) is 17.4. The van der Waals surface area contributed by atoms with Gasteiger partial charge in [0.1, 0.15) is 36.6 Å². The lowest BCUT2D eigenvalue weighted by atomic mass is 9.98. The second-order valence-electron chi connectivity index (χ2n) is 25.3. The van der Waals surface area contributed by atoms with Crippen molar-refractivity contribution in [3.05, 3.63) is 36.5 Å². The van der Waals surface area contributed by atoms with Crippen molar-refractivity contribution in [1.82, 2.24) is 5.32 Å². The van der Waals surface area contributed by atoms with Gasteiger partial charge in [0, 0.05) is 0 Å². The van der Waals surface area contributed by atoms with Gasteiger partial charge in [-0.2, -0.15) is 0 Å². The van der Waals surface area contributed by atoms with Gasteiger partial charge in [-0.1, -0.05) is 314 Å². The Bertz CT molecular complexity index is 1440. The first-order chi connectivity index (χ1) is 40.7. The number of hydrogen-bond acceptors (Lipinski definition) is 10. The lowest BCUT2D eigenvalue weighted by Crippen LogP contribution is -2.60. The third kappa shape index (κ3) is 48.0. The maximum atomic E-state index is 13.3. The maximum Gasteiger partial charge on any atom is 0.249 e. The first kappa shape index (κ1) is 79.3. The number of carbonyl (C=O) groups is 1. The molecule has 0 saturated carbocycles. The molecule has 9 atom stereocenters. The highest BCUT2D eigenvalue weighted by Crippen LogP contribution is 2.24. The molecule has 83 heavy (non-hydrogen) atoms. The van der Waals surface area contributed by atoms with E-state index in [1.54, 1.807) is 0 Å². The zero-order valence-corrected chi connectivity index (χ0v) is 54.2. The van der Waals surface area contributed by atoms with Gasteiger partial charge in [0.2, 0.25) is 5.91 Å². The number of aliphatic hydroxyl groups is 7. The topological polar surface area (TPSA) is 189 Å². The first-order valence-electron chi connectivity index (χ1n) is 35.9. The van der Waals surface area contributed by atoms with Crippen molar-refractivity contribution in [2.75, 3.05) is 13.2 Å². The van der Waals surface area contributed by atoms with Crippen molar-refractivity contribution in [2.45, 2.75) is 403 Å². The molecule has 0 aromatic heterocycles. The number of rotatable bonds is 63. The zero-order chi connectivity index (χ0) is 60.3. The highest BCUT2D eigenvalue weighted by atomic mass is 16.7. The van der Waals surface area contributed by atoms with Crippen LogP contribution >= 0.6 is 0 Å². The molecule has 1 saturated heterocycles. The van der Waals surface area contributed by atoms with E-state index in [0.717, 1.165) is 44.9 Å². The molecule has 0 bridgehead atoms. The van der Waals surface area contributed by atoms with E-state index in [4.69, 9.17) is 9.47 Å². The van der Waals surface area contributed by atoms with Gasteiger partial charge in [-0.05, 0) is 70.6 Å². The van der Waals surface area contributed by atoms with Gasteiger partial charge in [0.05, 0.1) is 25.4 Å². The summed E-state index contributed by atoms with van der Waals surface area (Å²) in [6, 6.07) is -1.19. The van der Waals surface area contributed by atoms with Gasteiger partial charge in [0.25, 0.3) is 0 Å². The maximum absolute atomic E-state index is 13.3. The fourth-order valence-electron chi connectivity index (χ4n) is 11.7. The van der Waals surface area contributed by atoms with Gasteiger partial charge in [0.15, 0.2) is 6.29 Å². The van der Waals surface area contributed by atoms with Gasteiger partial charge in [-0.3, -0.25) is 4.79 Å². The second kappa shape index (κ2) is 60.6. The van der Waals surface area contributed by atoms with Crippen LogP contribution in [-0.2, 0) is 14.3 Å². The molecule has 0 spiro atoms. The molecule has 490 valence electrons. The minimum Gasteiger partial charge on any atom is -0.394 e. The number of amides is 1. The minimum atomic E-state index is -1.67. The van der Waals surface area contributed by atoms with Gasteiger partial charge in [-0.15, -0.1) is 0 Å². The Morgan fingerprint density at radius 1 is 0.422 bits per heavy atom. The number of aliphatic hydroxyl groups excluding tert-OH is 7. The molecule has 0 aromatic carbocycles. The summed E-state index contributed by atoms with van der Waals surface area (Å²) in [5, 5.41) is 76.5. The van der Waals surface area contributed by atoms with Gasteiger partial charge in [-0.25, -0.2) is 0 Å². The summed E-state index contributed by atoms with van der Waals surface area (Å²) in [4.78, 5) is 13.3. The summed E-state index contributed by atoms with van der Waals surface area (Å²) in [6.45, 7) is 3.50. The molecule has 8 N–H and O–H groups in total. The second-order valence-corrected chi connectivity index (χ2v) is 25.3. The molecule has 1 heterocycles. The molecule has 1 amide bonds. The minimum absolute atomic E-state index is 0.256. The Labute approximate surface area is 511 Å². The molecule has 1 fully saturated rings. The van der Waals surface area contributed by atoms with Crippen LogP contribution in [0.5, 0.6) is 0 Å². The summed E-state index contributed by atoms with van der Waals surface area (Å²) in [6.07, 6.45) is 66.6. The summed E-state index contributed by atoms with van der Waals surface area (Å²) < 4.78 is 11.2. The van der Waals surface area contributed by atoms with Crippen molar-refractivity contribution in [2.24, 2.45) is 0 Å². The Balaban J connectivity index is 2.20. The highest BCUT2D eigenvalue weighted by molar-refractivity contribution is 5.80. The smallest absolute Gasteiger partial charge is 0.249 e. The van der Waals surface area contributed by atoms with E-state index in [-0.39, 0.29) is 12.8 Å². The lowest BCUT2D eigenvalue weighted by molar-refractivity contribution is -0.303. The van der Waals surface area contributed by atoms with Gasteiger partial charge < -0.3 is 50.5 Å². The molecule has 1 aliphatic heterocycles. The first-order valence-corrected chi connectivity index (χ1v) is 35.9. The van der Waals surface area contributed by atoms with Gasteiger partial charge >= 0.3 is 0 Å². The predicted molar refractivity (Wildman–Crippen MR) is 349 cm³/mol. The summed E-state index contributed by atoms with van der Waals surface area (Å²) in [7, 11) is 0. The number of hydrogen-bond donors (Lipinski definition) is 8. The molecule has 9 unspecified atom stereocenters. The van der Waals surface area contributed by atoms with E-state index in [1.807, 2.05) is 0 Å². The molecule has 0 aliphatic carbocycles. The van der Waals surface area contributed by atoms with E-state index in [0.29, 0.717) is 12.8 Å². The SMILES string of the molecule is CCCCCCCCCCC/C=C\C/C=C\CCCCCCCCCCCCCCCCCCC(O)C(=O)NC(COC1OC(CO)C(O)C(O)C1O)C(O)C(O)CCC/C=C/CCCCCCCCCCCCCCCCCCCCC. The Morgan fingerprint density at radius 2 is 0.747 bits per heavy atom. The van der Waals surface area contributed by atoms with Crippen molar-refractivity contribution in [3.8, 4) is 0 Å². The predicted octanol–water partition coefficient (Wildman–Crippen LogP) is 17.4. The lowest BCUT2D eigenvalue weighted by Gasteiger charge is -2.40. The average Bonchev–Trinajstić information content (AvgIpc) is 3.68. The van der Waals surface area contributed by atoms with E-state index in [1.165, 1.54) is 263 Å². The van der Waals surface area contributed by atoms with Crippen LogP contribution < -0.4 is 5.32 Å². The van der Waals surface area contributed by atoms with Crippen LogP contribution in [0.25, 0.3) is 0 Å². The van der Waals surface area contributed by atoms with Crippen LogP contribution in [0.2, 0.25) is 0 Å².